The number of hydrogen-bond acceptors (Lipinski definition) is 2. The molecule has 0 aliphatic heterocycles. The van der Waals surface area contributed by atoms with Crippen LogP contribution in [0.15, 0.2) is 48.5 Å². The summed E-state index contributed by atoms with van der Waals surface area (Å²) >= 11 is 6.08. The highest BCUT2D eigenvalue weighted by molar-refractivity contribution is 6.31. The Labute approximate surface area is 123 Å². The van der Waals surface area contributed by atoms with Crippen LogP contribution in [0.1, 0.15) is 5.56 Å². The van der Waals surface area contributed by atoms with Gasteiger partial charge in [0.2, 0.25) is 0 Å². The summed E-state index contributed by atoms with van der Waals surface area (Å²) in [6.45, 7) is 0.493. The molecule has 2 nitrogen and oxygen atoms in total. The van der Waals surface area contributed by atoms with Crippen LogP contribution in [0, 0.1) is 5.82 Å². The second-order valence-electron chi connectivity index (χ2n) is 4.55. The molecule has 2 aromatic rings. The van der Waals surface area contributed by atoms with Gasteiger partial charge in [0.25, 0.3) is 0 Å². The fraction of sp³-hybridized carbons (Fsp3) is 0.250. The lowest BCUT2D eigenvalue weighted by Gasteiger charge is -2.18. The van der Waals surface area contributed by atoms with Crippen molar-refractivity contribution in [3.63, 3.8) is 0 Å². The van der Waals surface area contributed by atoms with Crippen molar-refractivity contribution < 1.29 is 9.13 Å². The van der Waals surface area contributed by atoms with E-state index in [1.54, 1.807) is 6.07 Å². The van der Waals surface area contributed by atoms with Crippen molar-refractivity contribution in [1.29, 1.82) is 0 Å². The molecule has 0 heterocycles. The van der Waals surface area contributed by atoms with Crippen LogP contribution in [-0.2, 0) is 6.42 Å². The summed E-state index contributed by atoms with van der Waals surface area (Å²) in [5.41, 5.74) is 0.780. The van der Waals surface area contributed by atoms with Crippen molar-refractivity contribution in [2.75, 3.05) is 13.7 Å². The normalized spacial score (nSPS) is 12.2. The summed E-state index contributed by atoms with van der Waals surface area (Å²) in [7, 11) is 1.85. The van der Waals surface area contributed by atoms with Gasteiger partial charge in [-0.3, -0.25) is 0 Å². The number of halogens is 2. The number of likely N-dealkylation sites (N-methyl/N-ethyl adjacent to an activating group) is 1. The lowest BCUT2D eigenvalue weighted by atomic mass is 10.1. The van der Waals surface area contributed by atoms with Crippen molar-refractivity contribution in [3.8, 4) is 5.75 Å². The first-order chi connectivity index (χ1) is 9.69. The molecule has 0 bridgehead atoms. The Hall–Kier alpha value is -1.58. The van der Waals surface area contributed by atoms with E-state index in [1.165, 1.54) is 12.1 Å². The first-order valence-electron chi connectivity index (χ1n) is 6.48. The van der Waals surface area contributed by atoms with Gasteiger partial charge in [-0.15, -0.1) is 0 Å². The topological polar surface area (TPSA) is 21.3 Å². The lowest BCUT2D eigenvalue weighted by Crippen LogP contribution is -2.33. The smallest absolute Gasteiger partial charge is 0.123 e. The molecule has 20 heavy (non-hydrogen) atoms. The highest BCUT2D eigenvalue weighted by atomic mass is 35.5. The monoisotopic (exact) mass is 293 g/mol. The summed E-state index contributed by atoms with van der Waals surface area (Å²) in [6.07, 6.45) is 0.611. The van der Waals surface area contributed by atoms with Crippen LogP contribution < -0.4 is 10.1 Å². The van der Waals surface area contributed by atoms with E-state index in [0.717, 1.165) is 11.3 Å². The van der Waals surface area contributed by atoms with Gasteiger partial charge in [0, 0.05) is 11.1 Å². The van der Waals surface area contributed by atoms with Gasteiger partial charge in [0.1, 0.15) is 18.2 Å². The number of ether oxygens (including phenoxy) is 1. The fourth-order valence-corrected chi connectivity index (χ4v) is 2.12. The molecule has 1 unspecified atom stereocenters. The molecule has 0 saturated carbocycles. The quantitative estimate of drug-likeness (QED) is 0.877. The third kappa shape index (κ3) is 4.22. The molecule has 0 saturated heterocycles. The molecule has 0 aromatic heterocycles. The summed E-state index contributed by atoms with van der Waals surface area (Å²) in [4.78, 5) is 0. The molecule has 1 atom stereocenters. The van der Waals surface area contributed by atoms with Crippen molar-refractivity contribution in [3.05, 3.63) is 64.9 Å². The van der Waals surface area contributed by atoms with Crippen LogP contribution in [0.3, 0.4) is 0 Å². The highest BCUT2D eigenvalue weighted by Crippen LogP contribution is 2.19. The predicted octanol–water partition coefficient (Wildman–Crippen LogP) is 3.69. The molecule has 0 spiro atoms. The Bertz CT molecular complexity index is 547. The van der Waals surface area contributed by atoms with E-state index in [2.05, 4.69) is 5.32 Å². The average Bonchev–Trinajstić information content (AvgIpc) is 2.48. The average molecular weight is 294 g/mol. The number of para-hydroxylation sites is 1. The lowest BCUT2D eigenvalue weighted by molar-refractivity contribution is 0.269. The summed E-state index contributed by atoms with van der Waals surface area (Å²) < 4.78 is 18.9. The first-order valence-corrected chi connectivity index (χ1v) is 6.86. The Balaban J connectivity index is 1.97. The second-order valence-corrected chi connectivity index (χ2v) is 4.96. The van der Waals surface area contributed by atoms with E-state index in [1.807, 2.05) is 37.4 Å². The van der Waals surface area contributed by atoms with Gasteiger partial charge in [-0.05, 0) is 49.4 Å². The van der Waals surface area contributed by atoms with Crippen LogP contribution in [0.4, 0.5) is 4.39 Å². The maximum absolute atomic E-state index is 13.2. The molecule has 2 rings (SSSR count). The van der Waals surface area contributed by atoms with Crippen LogP contribution in [-0.4, -0.2) is 19.7 Å². The Morgan fingerprint density at radius 1 is 1.20 bits per heavy atom. The van der Waals surface area contributed by atoms with E-state index in [4.69, 9.17) is 16.3 Å². The molecule has 0 amide bonds. The van der Waals surface area contributed by atoms with Crippen LogP contribution in [0.2, 0.25) is 5.02 Å². The third-order valence-corrected chi connectivity index (χ3v) is 3.45. The first kappa shape index (κ1) is 14.8. The van der Waals surface area contributed by atoms with Gasteiger partial charge < -0.3 is 10.1 Å². The number of nitrogens with one attached hydrogen (secondary N) is 1. The zero-order valence-corrected chi connectivity index (χ0v) is 12.0. The van der Waals surface area contributed by atoms with E-state index in [9.17, 15) is 4.39 Å². The van der Waals surface area contributed by atoms with Gasteiger partial charge in [0.05, 0.1) is 0 Å². The van der Waals surface area contributed by atoms with Gasteiger partial charge in [0.15, 0.2) is 0 Å². The predicted molar refractivity (Wildman–Crippen MR) is 79.9 cm³/mol. The molecular weight excluding hydrogens is 277 g/mol. The van der Waals surface area contributed by atoms with Crippen molar-refractivity contribution >= 4 is 11.6 Å². The van der Waals surface area contributed by atoms with Crippen LogP contribution >= 0.6 is 11.6 Å². The van der Waals surface area contributed by atoms with Gasteiger partial charge in [-0.2, -0.15) is 0 Å². The summed E-state index contributed by atoms with van der Waals surface area (Å²) in [6, 6.07) is 14.1. The SMILES string of the molecule is CNC(COc1ccccc1)Cc1cc(F)ccc1Cl. The molecule has 4 heteroatoms. The number of rotatable bonds is 6. The van der Waals surface area contributed by atoms with Crippen molar-refractivity contribution in [2.45, 2.75) is 12.5 Å². The summed E-state index contributed by atoms with van der Waals surface area (Å²) in [5.74, 6) is 0.543. The Kier molecular flexibility index (Phi) is 5.39. The Morgan fingerprint density at radius 2 is 1.95 bits per heavy atom. The maximum Gasteiger partial charge on any atom is 0.123 e. The summed E-state index contributed by atoms with van der Waals surface area (Å²) in [5, 5.41) is 3.74. The molecule has 0 aliphatic rings. The Morgan fingerprint density at radius 3 is 2.65 bits per heavy atom. The van der Waals surface area contributed by atoms with Crippen molar-refractivity contribution in [2.24, 2.45) is 0 Å². The molecule has 0 aliphatic carbocycles. The molecule has 1 N–H and O–H groups in total. The largest absolute Gasteiger partial charge is 0.492 e. The molecule has 106 valence electrons. The van der Waals surface area contributed by atoms with Crippen LogP contribution in [0.5, 0.6) is 5.75 Å². The van der Waals surface area contributed by atoms with Crippen molar-refractivity contribution in [1.82, 2.24) is 5.32 Å². The minimum absolute atomic E-state index is 0.0644. The zero-order valence-electron chi connectivity index (χ0n) is 11.3. The van der Waals surface area contributed by atoms with E-state index >= 15 is 0 Å². The van der Waals surface area contributed by atoms with Gasteiger partial charge in [-0.1, -0.05) is 29.8 Å². The molecule has 0 fully saturated rings. The van der Waals surface area contributed by atoms with Crippen LogP contribution in [0.25, 0.3) is 0 Å². The minimum Gasteiger partial charge on any atom is -0.492 e. The zero-order chi connectivity index (χ0) is 14.4. The van der Waals surface area contributed by atoms with Gasteiger partial charge >= 0.3 is 0 Å². The fourth-order valence-electron chi connectivity index (χ4n) is 1.92. The third-order valence-electron chi connectivity index (χ3n) is 3.08. The maximum atomic E-state index is 13.2. The minimum atomic E-state index is -0.275. The standard InChI is InChI=1S/C16H17ClFNO/c1-19-14(11-20-15-5-3-2-4-6-15)10-12-9-13(18)7-8-16(12)17/h2-9,14,19H,10-11H2,1H3. The van der Waals surface area contributed by atoms with E-state index in [0.29, 0.717) is 18.1 Å². The van der Waals surface area contributed by atoms with E-state index in [-0.39, 0.29) is 11.9 Å². The molecular formula is C16H17ClFNO. The molecule has 0 radical (unpaired) electrons. The van der Waals surface area contributed by atoms with E-state index < -0.39 is 0 Å². The second kappa shape index (κ2) is 7.27. The molecule has 2 aromatic carbocycles. The number of benzene rings is 2. The number of hydrogen-bond donors (Lipinski definition) is 1. The highest BCUT2D eigenvalue weighted by Gasteiger charge is 2.11. The van der Waals surface area contributed by atoms with Gasteiger partial charge in [-0.25, -0.2) is 4.39 Å².